The van der Waals surface area contributed by atoms with Crippen molar-refractivity contribution >= 4 is 11.6 Å². The third-order valence-corrected chi connectivity index (χ3v) is 3.78. The van der Waals surface area contributed by atoms with Crippen LogP contribution in [0.3, 0.4) is 0 Å². The van der Waals surface area contributed by atoms with Crippen LogP contribution in [0.4, 0.5) is 0 Å². The van der Waals surface area contributed by atoms with E-state index in [1.165, 1.54) is 18.9 Å². The number of fused-ring (bicyclic) bond motifs is 1. The molecule has 1 aromatic heterocycles. The SMILES string of the molecule is CCc1nc2c(o1)C(=O)C=C(NCCCCCCN(C)C)C2=O. The molecule has 0 radical (unpaired) electrons. The number of aryl methyl sites for hydroxylation is 1. The summed E-state index contributed by atoms with van der Waals surface area (Å²) < 4.78 is 5.32. The molecule has 2 rings (SSSR count). The third kappa shape index (κ3) is 4.51. The number of unbranched alkanes of at least 4 members (excludes halogenated alkanes) is 3. The Bertz CT molecular complexity index is 602. The Kier molecular flexibility index (Phi) is 6.10. The van der Waals surface area contributed by atoms with E-state index in [1.54, 1.807) is 0 Å². The molecule has 1 heterocycles. The van der Waals surface area contributed by atoms with Crippen molar-refractivity contribution in [1.29, 1.82) is 0 Å². The predicted octanol–water partition coefficient (Wildman–Crippen LogP) is 2.21. The summed E-state index contributed by atoms with van der Waals surface area (Å²) in [5, 5.41) is 3.07. The minimum absolute atomic E-state index is 0.0704. The molecular formula is C17H25N3O3. The van der Waals surface area contributed by atoms with Crippen molar-refractivity contribution in [2.45, 2.75) is 39.0 Å². The number of nitrogens with one attached hydrogen (secondary N) is 1. The van der Waals surface area contributed by atoms with Gasteiger partial charge in [0.05, 0.1) is 5.70 Å². The largest absolute Gasteiger partial charge is 0.436 e. The molecule has 1 aliphatic rings. The van der Waals surface area contributed by atoms with Gasteiger partial charge in [0.1, 0.15) is 0 Å². The summed E-state index contributed by atoms with van der Waals surface area (Å²) >= 11 is 0. The molecular weight excluding hydrogens is 294 g/mol. The highest BCUT2D eigenvalue weighted by atomic mass is 16.4. The number of aromatic nitrogens is 1. The molecule has 0 fully saturated rings. The highest BCUT2D eigenvalue weighted by molar-refractivity contribution is 6.22. The van der Waals surface area contributed by atoms with Crippen LogP contribution in [0.5, 0.6) is 0 Å². The zero-order valence-corrected chi connectivity index (χ0v) is 14.1. The van der Waals surface area contributed by atoms with E-state index in [4.69, 9.17) is 4.42 Å². The highest BCUT2D eigenvalue weighted by Crippen LogP contribution is 2.21. The molecule has 0 unspecified atom stereocenters. The standard InChI is InChI=1S/C17H25N3O3/c1-4-14-19-15-16(22)12(11-13(21)17(15)23-14)18-9-7-5-6-8-10-20(2)3/h11,18H,4-10H2,1-3H3. The maximum absolute atomic E-state index is 12.3. The maximum atomic E-state index is 12.3. The molecule has 0 aliphatic heterocycles. The Hall–Kier alpha value is -1.95. The molecule has 1 aromatic rings. The van der Waals surface area contributed by atoms with Crippen LogP contribution in [0.25, 0.3) is 0 Å². The van der Waals surface area contributed by atoms with Gasteiger partial charge in [0.15, 0.2) is 11.6 Å². The monoisotopic (exact) mass is 319 g/mol. The van der Waals surface area contributed by atoms with Gasteiger partial charge in [0.25, 0.3) is 0 Å². The van der Waals surface area contributed by atoms with Crippen LogP contribution in [0.1, 0.15) is 59.5 Å². The summed E-state index contributed by atoms with van der Waals surface area (Å²) in [6.45, 7) is 3.65. The van der Waals surface area contributed by atoms with Crippen LogP contribution in [-0.4, -0.2) is 48.6 Å². The Morgan fingerprint density at radius 3 is 2.61 bits per heavy atom. The van der Waals surface area contributed by atoms with Crippen LogP contribution < -0.4 is 5.32 Å². The summed E-state index contributed by atoms with van der Waals surface area (Å²) in [7, 11) is 4.14. The van der Waals surface area contributed by atoms with E-state index in [2.05, 4.69) is 29.3 Å². The molecule has 0 atom stereocenters. The molecule has 0 amide bonds. The normalized spacial score (nSPS) is 14.2. The number of hydrogen-bond acceptors (Lipinski definition) is 6. The number of allylic oxidation sites excluding steroid dienone is 2. The van der Waals surface area contributed by atoms with E-state index in [-0.39, 0.29) is 23.0 Å². The van der Waals surface area contributed by atoms with Crippen molar-refractivity contribution in [2.24, 2.45) is 0 Å². The topological polar surface area (TPSA) is 75.4 Å². The van der Waals surface area contributed by atoms with Crippen LogP contribution in [-0.2, 0) is 6.42 Å². The number of hydrogen-bond donors (Lipinski definition) is 1. The van der Waals surface area contributed by atoms with Gasteiger partial charge < -0.3 is 14.6 Å². The van der Waals surface area contributed by atoms with Gasteiger partial charge in [-0.3, -0.25) is 9.59 Å². The number of nitrogens with zero attached hydrogens (tertiary/aromatic N) is 2. The lowest BCUT2D eigenvalue weighted by Gasteiger charge is -2.12. The average Bonchev–Trinajstić information content (AvgIpc) is 2.96. The lowest BCUT2D eigenvalue weighted by molar-refractivity contribution is 0.0959. The second kappa shape index (κ2) is 8.06. The lowest BCUT2D eigenvalue weighted by Crippen LogP contribution is -2.27. The highest BCUT2D eigenvalue weighted by Gasteiger charge is 2.31. The number of rotatable bonds is 9. The van der Waals surface area contributed by atoms with E-state index in [1.807, 2.05) is 6.92 Å². The van der Waals surface area contributed by atoms with Gasteiger partial charge in [-0.15, -0.1) is 0 Å². The summed E-state index contributed by atoms with van der Waals surface area (Å²) in [6.07, 6.45) is 6.29. The number of carbonyl (C=O) groups excluding carboxylic acids is 2. The van der Waals surface area contributed by atoms with Gasteiger partial charge in [-0.1, -0.05) is 19.8 Å². The number of ketones is 2. The minimum atomic E-state index is -0.291. The fourth-order valence-electron chi connectivity index (χ4n) is 2.49. The third-order valence-electron chi connectivity index (χ3n) is 3.78. The molecule has 0 bridgehead atoms. The van der Waals surface area contributed by atoms with Crippen molar-refractivity contribution in [2.75, 3.05) is 27.2 Å². The molecule has 6 nitrogen and oxygen atoms in total. The summed E-state index contributed by atoms with van der Waals surface area (Å²) in [5.41, 5.74) is 0.467. The van der Waals surface area contributed by atoms with Gasteiger partial charge in [0, 0.05) is 19.0 Å². The van der Waals surface area contributed by atoms with E-state index < -0.39 is 0 Å². The summed E-state index contributed by atoms with van der Waals surface area (Å²) in [6, 6.07) is 0. The second-order valence-corrected chi connectivity index (χ2v) is 6.03. The van der Waals surface area contributed by atoms with Crippen LogP contribution in [0.2, 0.25) is 0 Å². The second-order valence-electron chi connectivity index (χ2n) is 6.03. The lowest BCUT2D eigenvalue weighted by atomic mass is 10.0. The first-order valence-corrected chi connectivity index (χ1v) is 8.22. The minimum Gasteiger partial charge on any atom is -0.436 e. The fraction of sp³-hybridized carbons (Fsp3) is 0.588. The fourth-order valence-corrected chi connectivity index (χ4v) is 2.49. The Balaban J connectivity index is 1.80. The van der Waals surface area contributed by atoms with Crippen molar-refractivity contribution in [3.05, 3.63) is 29.1 Å². The molecule has 0 aromatic carbocycles. The van der Waals surface area contributed by atoms with Crippen molar-refractivity contribution in [3.8, 4) is 0 Å². The number of carbonyl (C=O) groups is 2. The Morgan fingerprint density at radius 1 is 1.17 bits per heavy atom. The first kappa shape index (κ1) is 17.4. The van der Waals surface area contributed by atoms with E-state index in [0.29, 0.717) is 24.6 Å². The molecule has 23 heavy (non-hydrogen) atoms. The predicted molar refractivity (Wildman–Crippen MR) is 87.6 cm³/mol. The Labute approximate surface area is 136 Å². The van der Waals surface area contributed by atoms with Crippen LogP contribution in [0, 0.1) is 0 Å². The van der Waals surface area contributed by atoms with Gasteiger partial charge in [0.2, 0.25) is 17.3 Å². The van der Waals surface area contributed by atoms with Crippen molar-refractivity contribution in [1.82, 2.24) is 15.2 Å². The van der Waals surface area contributed by atoms with Gasteiger partial charge in [-0.25, -0.2) is 4.98 Å². The molecule has 1 aliphatic carbocycles. The smallest absolute Gasteiger partial charge is 0.231 e. The van der Waals surface area contributed by atoms with Gasteiger partial charge in [-0.05, 0) is 33.5 Å². The van der Waals surface area contributed by atoms with Gasteiger partial charge in [-0.2, -0.15) is 0 Å². The molecule has 0 spiro atoms. The van der Waals surface area contributed by atoms with E-state index in [9.17, 15) is 9.59 Å². The summed E-state index contributed by atoms with van der Waals surface area (Å²) in [5.74, 6) is -0.0516. The van der Waals surface area contributed by atoms with Crippen molar-refractivity contribution < 1.29 is 14.0 Å². The first-order valence-electron chi connectivity index (χ1n) is 8.22. The number of Topliss-reactive ketones (excluding diaryl/α,β-unsaturated/α-hetero) is 1. The molecule has 0 saturated carbocycles. The molecule has 1 N–H and O–H groups in total. The molecule has 6 heteroatoms. The average molecular weight is 319 g/mol. The Morgan fingerprint density at radius 2 is 1.91 bits per heavy atom. The maximum Gasteiger partial charge on any atom is 0.231 e. The van der Waals surface area contributed by atoms with E-state index >= 15 is 0 Å². The zero-order valence-electron chi connectivity index (χ0n) is 14.1. The van der Waals surface area contributed by atoms with Crippen LogP contribution >= 0.6 is 0 Å². The molecule has 0 saturated heterocycles. The zero-order chi connectivity index (χ0) is 16.8. The van der Waals surface area contributed by atoms with Crippen molar-refractivity contribution in [3.63, 3.8) is 0 Å². The van der Waals surface area contributed by atoms with Crippen LogP contribution in [0.15, 0.2) is 16.2 Å². The van der Waals surface area contributed by atoms with E-state index in [0.717, 1.165) is 19.4 Å². The quantitative estimate of drug-likeness (QED) is 0.703. The molecule has 126 valence electrons. The number of oxazole rings is 1. The first-order chi connectivity index (χ1) is 11.0. The summed E-state index contributed by atoms with van der Waals surface area (Å²) in [4.78, 5) is 30.6. The van der Waals surface area contributed by atoms with Gasteiger partial charge >= 0.3 is 0 Å².